The van der Waals surface area contributed by atoms with Crippen LogP contribution < -0.4 is 20.7 Å². The summed E-state index contributed by atoms with van der Waals surface area (Å²) in [4.78, 5) is 36.7. The van der Waals surface area contributed by atoms with Gasteiger partial charge in [-0.15, -0.1) is 0 Å². The first kappa shape index (κ1) is 24.3. The summed E-state index contributed by atoms with van der Waals surface area (Å²) in [5.74, 6) is -3.87. The standard InChI is InChI=1S/C24H20F3N3O4/c1-34-21-8-6-17(13-20(21)30-23(32)14-3-2-4-15(25)11-14)29-22(31)9-10-28-24(33)18-7-5-16(26)12-19(18)27/h2-8,11-13H,9-10H2,1H3,(H,28,33)(H,29,31)(H,30,32). The van der Waals surface area contributed by atoms with Gasteiger partial charge < -0.3 is 20.7 Å². The summed E-state index contributed by atoms with van der Waals surface area (Å²) in [5, 5.41) is 7.59. The molecule has 0 aliphatic carbocycles. The van der Waals surface area contributed by atoms with Gasteiger partial charge in [0.15, 0.2) is 0 Å². The summed E-state index contributed by atoms with van der Waals surface area (Å²) < 4.78 is 45.2. The molecule has 0 unspecified atom stereocenters. The molecule has 10 heteroatoms. The predicted octanol–water partition coefficient (Wildman–Crippen LogP) is 4.12. The number of halogens is 3. The van der Waals surface area contributed by atoms with Crippen LogP contribution in [0.25, 0.3) is 0 Å². The molecule has 3 aromatic rings. The van der Waals surface area contributed by atoms with Crippen molar-refractivity contribution in [3.63, 3.8) is 0 Å². The molecule has 0 fully saturated rings. The topological polar surface area (TPSA) is 96.5 Å². The molecule has 34 heavy (non-hydrogen) atoms. The highest BCUT2D eigenvalue weighted by atomic mass is 19.1. The number of carbonyl (C=O) groups is 3. The largest absolute Gasteiger partial charge is 0.495 e. The number of anilines is 2. The number of benzene rings is 3. The van der Waals surface area contributed by atoms with Crippen molar-refractivity contribution in [1.82, 2.24) is 5.32 Å². The first-order valence-electron chi connectivity index (χ1n) is 10.0. The van der Waals surface area contributed by atoms with E-state index in [-0.39, 0.29) is 29.8 Å². The molecule has 0 spiro atoms. The van der Waals surface area contributed by atoms with E-state index in [2.05, 4.69) is 16.0 Å². The number of hydrogen-bond donors (Lipinski definition) is 3. The molecule has 0 atom stereocenters. The van der Waals surface area contributed by atoms with E-state index >= 15 is 0 Å². The van der Waals surface area contributed by atoms with Crippen molar-refractivity contribution in [2.45, 2.75) is 6.42 Å². The number of nitrogens with one attached hydrogen (secondary N) is 3. The fourth-order valence-corrected chi connectivity index (χ4v) is 2.99. The third-order valence-electron chi connectivity index (χ3n) is 4.63. The number of amides is 3. The number of ether oxygens (including phenoxy) is 1. The zero-order valence-electron chi connectivity index (χ0n) is 18.0. The molecule has 0 heterocycles. The van der Waals surface area contributed by atoms with E-state index in [0.29, 0.717) is 17.5 Å². The second-order valence-electron chi connectivity index (χ2n) is 7.06. The highest BCUT2D eigenvalue weighted by molar-refractivity contribution is 6.05. The van der Waals surface area contributed by atoms with Crippen LogP contribution in [-0.4, -0.2) is 31.4 Å². The average Bonchev–Trinajstić information content (AvgIpc) is 2.79. The van der Waals surface area contributed by atoms with Crippen LogP contribution in [0, 0.1) is 17.5 Å². The van der Waals surface area contributed by atoms with E-state index < -0.39 is 35.2 Å². The first-order valence-corrected chi connectivity index (χ1v) is 10.0. The molecule has 0 aliphatic heterocycles. The maximum absolute atomic E-state index is 13.7. The fraction of sp³-hybridized carbons (Fsp3) is 0.125. The molecule has 0 aromatic heterocycles. The van der Waals surface area contributed by atoms with E-state index in [4.69, 9.17) is 4.74 Å². The zero-order chi connectivity index (χ0) is 24.7. The normalized spacial score (nSPS) is 10.4. The lowest BCUT2D eigenvalue weighted by molar-refractivity contribution is -0.116. The molecular formula is C24H20F3N3O4. The van der Waals surface area contributed by atoms with Crippen LogP contribution in [0.4, 0.5) is 24.5 Å². The minimum atomic E-state index is -1.01. The summed E-state index contributed by atoms with van der Waals surface area (Å²) in [7, 11) is 1.40. The average molecular weight is 471 g/mol. The molecule has 0 radical (unpaired) electrons. The van der Waals surface area contributed by atoms with Gasteiger partial charge >= 0.3 is 0 Å². The maximum atomic E-state index is 13.7. The number of rotatable bonds is 8. The summed E-state index contributed by atoms with van der Waals surface area (Å²) in [6, 6.07) is 12.2. The lowest BCUT2D eigenvalue weighted by Gasteiger charge is -2.13. The Morgan fingerprint density at radius 2 is 1.62 bits per heavy atom. The van der Waals surface area contributed by atoms with Gasteiger partial charge in [-0.3, -0.25) is 14.4 Å². The van der Waals surface area contributed by atoms with Crippen molar-refractivity contribution >= 4 is 29.1 Å². The zero-order valence-corrected chi connectivity index (χ0v) is 18.0. The third-order valence-corrected chi connectivity index (χ3v) is 4.63. The van der Waals surface area contributed by atoms with Gasteiger partial charge in [-0.05, 0) is 48.5 Å². The van der Waals surface area contributed by atoms with Crippen LogP contribution in [0.15, 0.2) is 60.7 Å². The molecule has 0 saturated carbocycles. The Bertz CT molecular complexity index is 1230. The van der Waals surface area contributed by atoms with Crippen LogP contribution >= 0.6 is 0 Å². The molecule has 0 saturated heterocycles. The van der Waals surface area contributed by atoms with Crippen molar-refractivity contribution in [1.29, 1.82) is 0 Å². The quantitative estimate of drug-likeness (QED) is 0.461. The minimum absolute atomic E-state index is 0.0964. The molecule has 3 aromatic carbocycles. The van der Waals surface area contributed by atoms with Gasteiger partial charge in [0.25, 0.3) is 11.8 Å². The lowest BCUT2D eigenvalue weighted by Crippen LogP contribution is -2.28. The SMILES string of the molecule is COc1ccc(NC(=O)CCNC(=O)c2ccc(F)cc2F)cc1NC(=O)c1cccc(F)c1. The van der Waals surface area contributed by atoms with Crippen molar-refractivity contribution in [2.75, 3.05) is 24.3 Å². The Kier molecular flexibility index (Phi) is 7.86. The Morgan fingerprint density at radius 3 is 2.32 bits per heavy atom. The van der Waals surface area contributed by atoms with E-state index in [9.17, 15) is 27.6 Å². The summed E-state index contributed by atoms with van der Waals surface area (Å²) in [6.07, 6.45) is -0.133. The van der Waals surface area contributed by atoms with E-state index in [0.717, 1.165) is 18.2 Å². The molecule has 3 amide bonds. The van der Waals surface area contributed by atoms with E-state index in [1.54, 1.807) is 6.07 Å². The maximum Gasteiger partial charge on any atom is 0.255 e. The van der Waals surface area contributed by atoms with Gasteiger partial charge in [0.2, 0.25) is 5.91 Å². The van der Waals surface area contributed by atoms with Crippen molar-refractivity contribution in [3.05, 3.63) is 89.2 Å². The van der Waals surface area contributed by atoms with Crippen molar-refractivity contribution in [3.8, 4) is 5.75 Å². The van der Waals surface area contributed by atoms with Crippen molar-refractivity contribution < 1.29 is 32.3 Å². The Hall–Kier alpha value is -4.34. The minimum Gasteiger partial charge on any atom is -0.495 e. The molecule has 0 bridgehead atoms. The highest BCUT2D eigenvalue weighted by Crippen LogP contribution is 2.28. The Morgan fingerprint density at radius 1 is 0.853 bits per heavy atom. The predicted molar refractivity (Wildman–Crippen MR) is 119 cm³/mol. The van der Waals surface area contributed by atoms with Gasteiger partial charge in [-0.2, -0.15) is 0 Å². The van der Waals surface area contributed by atoms with Crippen LogP contribution in [0.3, 0.4) is 0 Å². The first-order chi connectivity index (χ1) is 16.3. The van der Waals surface area contributed by atoms with Crippen LogP contribution in [0.2, 0.25) is 0 Å². The van der Waals surface area contributed by atoms with Gasteiger partial charge in [-0.1, -0.05) is 6.07 Å². The molecule has 3 N–H and O–H groups in total. The van der Waals surface area contributed by atoms with Crippen LogP contribution in [0.5, 0.6) is 5.75 Å². The van der Waals surface area contributed by atoms with Crippen LogP contribution in [-0.2, 0) is 4.79 Å². The van der Waals surface area contributed by atoms with Gasteiger partial charge in [0.1, 0.15) is 23.2 Å². The highest BCUT2D eigenvalue weighted by Gasteiger charge is 2.14. The second kappa shape index (κ2) is 11.0. The summed E-state index contributed by atoms with van der Waals surface area (Å²) >= 11 is 0. The summed E-state index contributed by atoms with van der Waals surface area (Å²) in [6.45, 7) is -0.0964. The molecular weight excluding hydrogens is 451 g/mol. The molecule has 3 rings (SSSR count). The van der Waals surface area contributed by atoms with Crippen LogP contribution in [0.1, 0.15) is 27.1 Å². The van der Waals surface area contributed by atoms with Gasteiger partial charge in [-0.25, -0.2) is 13.2 Å². The Labute approximate surface area is 192 Å². The third kappa shape index (κ3) is 6.35. The number of carbonyl (C=O) groups excluding carboxylic acids is 3. The van der Waals surface area contributed by atoms with Gasteiger partial charge in [0.05, 0.1) is 18.4 Å². The van der Waals surface area contributed by atoms with Crippen molar-refractivity contribution in [2.24, 2.45) is 0 Å². The molecule has 176 valence electrons. The molecule has 0 aliphatic rings. The number of hydrogen-bond acceptors (Lipinski definition) is 4. The van der Waals surface area contributed by atoms with E-state index in [1.807, 2.05) is 0 Å². The van der Waals surface area contributed by atoms with Gasteiger partial charge in [0, 0.05) is 30.3 Å². The number of methoxy groups -OCH3 is 1. The summed E-state index contributed by atoms with van der Waals surface area (Å²) in [5.41, 5.74) is 0.339. The molecule has 7 nitrogen and oxygen atoms in total. The fourth-order valence-electron chi connectivity index (χ4n) is 2.99. The van der Waals surface area contributed by atoms with E-state index in [1.165, 1.54) is 37.4 Å². The monoisotopic (exact) mass is 471 g/mol. The smallest absolute Gasteiger partial charge is 0.255 e. The second-order valence-corrected chi connectivity index (χ2v) is 7.06. The lowest BCUT2D eigenvalue weighted by atomic mass is 10.2. The Balaban J connectivity index is 1.59.